The monoisotopic (exact) mass is 305 g/mol. The molecule has 0 aliphatic carbocycles. The van der Waals surface area contributed by atoms with E-state index < -0.39 is 11.6 Å². The largest absolute Gasteiger partial charge is 0.465 e. The summed E-state index contributed by atoms with van der Waals surface area (Å²) in [4.78, 5) is 13.3. The SMILES string of the molecule is CC1(CC(C)(C)NC(=O)O)CCN(c2ccc(N)cc2)CC1. The average Bonchev–Trinajstić information content (AvgIpc) is 2.38. The van der Waals surface area contributed by atoms with Crippen LogP contribution in [0.5, 0.6) is 0 Å². The number of hydrogen-bond acceptors (Lipinski definition) is 3. The zero-order valence-corrected chi connectivity index (χ0v) is 13.7. The van der Waals surface area contributed by atoms with Crippen molar-refractivity contribution < 1.29 is 9.90 Å². The third-order valence-corrected chi connectivity index (χ3v) is 4.54. The normalized spacial score (nSPS) is 18.0. The van der Waals surface area contributed by atoms with Gasteiger partial charge in [0.05, 0.1) is 0 Å². The fraction of sp³-hybridized carbons (Fsp3) is 0.588. The van der Waals surface area contributed by atoms with E-state index in [1.165, 1.54) is 5.69 Å². The average molecular weight is 305 g/mol. The van der Waals surface area contributed by atoms with Crippen molar-refractivity contribution in [3.63, 3.8) is 0 Å². The van der Waals surface area contributed by atoms with E-state index in [1.54, 1.807) is 0 Å². The number of anilines is 2. The number of carboxylic acid groups (broad SMARTS) is 1. The molecule has 1 aromatic carbocycles. The highest BCUT2D eigenvalue weighted by Gasteiger charge is 2.36. The minimum atomic E-state index is -0.951. The van der Waals surface area contributed by atoms with Crippen molar-refractivity contribution in [3.05, 3.63) is 24.3 Å². The Morgan fingerprint density at radius 3 is 2.36 bits per heavy atom. The highest BCUT2D eigenvalue weighted by atomic mass is 16.4. The van der Waals surface area contributed by atoms with Crippen molar-refractivity contribution in [3.8, 4) is 0 Å². The van der Waals surface area contributed by atoms with E-state index in [1.807, 2.05) is 26.0 Å². The zero-order valence-electron chi connectivity index (χ0n) is 13.7. The molecular weight excluding hydrogens is 278 g/mol. The van der Waals surface area contributed by atoms with Gasteiger partial charge >= 0.3 is 6.09 Å². The predicted molar refractivity (Wildman–Crippen MR) is 90.3 cm³/mol. The van der Waals surface area contributed by atoms with Crippen LogP contribution in [-0.4, -0.2) is 29.8 Å². The Balaban J connectivity index is 1.95. The summed E-state index contributed by atoms with van der Waals surface area (Å²) in [6.45, 7) is 8.16. The summed E-state index contributed by atoms with van der Waals surface area (Å²) in [7, 11) is 0. The molecule has 1 saturated heterocycles. The minimum Gasteiger partial charge on any atom is -0.465 e. The van der Waals surface area contributed by atoms with Gasteiger partial charge in [0, 0.05) is 30.0 Å². The van der Waals surface area contributed by atoms with Gasteiger partial charge in [-0.25, -0.2) is 4.79 Å². The molecular formula is C17H27N3O2. The Hall–Kier alpha value is -1.91. The molecule has 1 aromatic rings. The van der Waals surface area contributed by atoms with Gasteiger partial charge in [-0.3, -0.25) is 0 Å². The fourth-order valence-electron chi connectivity index (χ4n) is 3.57. The number of nitrogen functional groups attached to an aromatic ring is 1. The van der Waals surface area contributed by atoms with Gasteiger partial charge in [0.2, 0.25) is 0 Å². The van der Waals surface area contributed by atoms with E-state index >= 15 is 0 Å². The van der Waals surface area contributed by atoms with Gasteiger partial charge < -0.3 is 21.1 Å². The third kappa shape index (κ3) is 4.29. The number of carbonyl (C=O) groups is 1. The smallest absolute Gasteiger partial charge is 0.405 e. The number of hydrogen-bond donors (Lipinski definition) is 3. The first-order valence-corrected chi connectivity index (χ1v) is 7.81. The van der Waals surface area contributed by atoms with Crippen molar-refractivity contribution in [2.24, 2.45) is 5.41 Å². The molecule has 1 heterocycles. The summed E-state index contributed by atoms with van der Waals surface area (Å²) in [5.41, 5.74) is 7.49. The van der Waals surface area contributed by atoms with E-state index in [0.717, 1.165) is 38.0 Å². The van der Waals surface area contributed by atoms with Crippen LogP contribution >= 0.6 is 0 Å². The second-order valence-electron chi connectivity index (χ2n) is 7.38. The van der Waals surface area contributed by atoms with E-state index in [-0.39, 0.29) is 5.41 Å². The Bertz CT molecular complexity index is 517. The number of benzene rings is 1. The van der Waals surface area contributed by atoms with E-state index in [0.29, 0.717) is 0 Å². The Labute approximate surface area is 132 Å². The molecule has 1 aliphatic rings. The molecule has 122 valence electrons. The van der Waals surface area contributed by atoms with Crippen LogP contribution in [0.1, 0.15) is 40.0 Å². The number of amides is 1. The van der Waals surface area contributed by atoms with Gasteiger partial charge in [0.25, 0.3) is 0 Å². The molecule has 22 heavy (non-hydrogen) atoms. The van der Waals surface area contributed by atoms with Crippen molar-refractivity contribution in [1.82, 2.24) is 5.32 Å². The first-order chi connectivity index (χ1) is 10.2. The van der Waals surface area contributed by atoms with E-state index in [2.05, 4.69) is 29.3 Å². The van der Waals surface area contributed by atoms with Crippen LogP contribution in [0.4, 0.5) is 16.2 Å². The van der Waals surface area contributed by atoms with Gasteiger partial charge in [0.1, 0.15) is 0 Å². The quantitative estimate of drug-likeness (QED) is 0.746. The lowest BCUT2D eigenvalue weighted by molar-refractivity contribution is 0.145. The molecule has 0 radical (unpaired) electrons. The van der Waals surface area contributed by atoms with E-state index in [9.17, 15) is 4.79 Å². The molecule has 5 nitrogen and oxygen atoms in total. The molecule has 0 bridgehead atoms. The number of nitrogens with zero attached hydrogens (tertiary/aromatic N) is 1. The molecule has 0 spiro atoms. The lowest BCUT2D eigenvalue weighted by atomic mass is 9.72. The first-order valence-electron chi connectivity index (χ1n) is 7.81. The second-order valence-corrected chi connectivity index (χ2v) is 7.38. The van der Waals surface area contributed by atoms with Gasteiger partial charge in [-0.15, -0.1) is 0 Å². The van der Waals surface area contributed by atoms with E-state index in [4.69, 9.17) is 10.8 Å². The topological polar surface area (TPSA) is 78.6 Å². The molecule has 4 N–H and O–H groups in total. The highest BCUT2D eigenvalue weighted by molar-refractivity contribution is 5.65. The Kier molecular flexibility index (Phi) is 4.54. The molecule has 5 heteroatoms. The van der Waals surface area contributed by atoms with Crippen LogP contribution < -0.4 is 16.0 Å². The van der Waals surface area contributed by atoms with Crippen LogP contribution in [0.25, 0.3) is 0 Å². The number of nitrogens with one attached hydrogen (secondary N) is 1. The molecule has 2 rings (SSSR count). The molecule has 0 unspecified atom stereocenters. The number of rotatable bonds is 4. The minimum absolute atomic E-state index is 0.163. The summed E-state index contributed by atoms with van der Waals surface area (Å²) in [6, 6.07) is 7.99. The number of nitrogens with two attached hydrogens (primary N) is 1. The summed E-state index contributed by atoms with van der Waals surface area (Å²) >= 11 is 0. The maximum absolute atomic E-state index is 10.9. The van der Waals surface area contributed by atoms with Crippen LogP contribution in [-0.2, 0) is 0 Å². The Morgan fingerprint density at radius 2 is 1.86 bits per heavy atom. The van der Waals surface area contributed by atoms with Crippen molar-refractivity contribution in [1.29, 1.82) is 0 Å². The summed E-state index contributed by atoms with van der Waals surface area (Å²) in [6.07, 6.45) is 2.01. The van der Waals surface area contributed by atoms with Crippen LogP contribution in [0, 0.1) is 5.41 Å². The lowest BCUT2D eigenvalue weighted by Gasteiger charge is -2.44. The van der Waals surface area contributed by atoms with Gasteiger partial charge in [0.15, 0.2) is 0 Å². The maximum Gasteiger partial charge on any atom is 0.405 e. The van der Waals surface area contributed by atoms with Crippen molar-refractivity contribution >= 4 is 17.5 Å². The van der Waals surface area contributed by atoms with Crippen LogP contribution in [0.3, 0.4) is 0 Å². The summed E-state index contributed by atoms with van der Waals surface area (Å²) < 4.78 is 0. The summed E-state index contributed by atoms with van der Waals surface area (Å²) in [5, 5.41) is 11.6. The zero-order chi connectivity index (χ0) is 16.4. The van der Waals surface area contributed by atoms with Crippen LogP contribution in [0.2, 0.25) is 0 Å². The third-order valence-electron chi connectivity index (χ3n) is 4.54. The second kappa shape index (κ2) is 6.07. The maximum atomic E-state index is 10.9. The molecule has 0 atom stereocenters. The molecule has 1 aliphatic heterocycles. The van der Waals surface area contributed by atoms with Crippen molar-refractivity contribution in [2.45, 2.75) is 45.6 Å². The molecule has 0 aromatic heterocycles. The van der Waals surface area contributed by atoms with Gasteiger partial charge in [-0.2, -0.15) is 0 Å². The number of piperidine rings is 1. The van der Waals surface area contributed by atoms with Gasteiger partial charge in [-0.05, 0) is 62.8 Å². The summed E-state index contributed by atoms with van der Waals surface area (Å²) in [5.74, 6) is 0. The molecule has 0 saturated carbocycles. The predicted octanol–water partition coefficient (Wildman–Crippen LogP) is 3.31. The van der Waals surface area contributed by atoms with Gasteiger partial charge in [-0.1, -0.05) is 6.92 Å². The Morgan fingerprint density at radius 1 is 1.32 bits per heavy atom. The molecule has 1 fully saturated rings. The van der Waals surface area contributed by atoms with Crippen LogP contribution in [0.15, 0.2) is 24.3 Å². The van der Waals surface area contributed by atoms with Crippen molar-refractivity contribution in [2.75, 3.05) is 23.7 Å². The fourth-order valence-corrected chi connectivity index (χ4v) is 3.57. The standard InChI is InChI=1S/C17H27N3O2/c1-16(2,19-15(21)22)12-17(3)8-10-20(11-9-17)14-6-4-13(18)5-7-14/h4-7,19H,8-12,18H2,1-3H3,(H,21,22). The first kappa shape index (κ1) is 16.5. The lowest BCUT2D eigenvalue weighted by Crippen LogP contribution is -2.49. The highest BCUT2D eigenvalue weighted by Crippen LogP contribution is 2.39. The molecule has 1 amide bonds.